The Morgan fingerprint density at radius 2 is 1.73 bits per heavy atom. The van der Waals surface area contributed by atoms with Crippen molar-refractivity contribution in [2.75, 3.05) is 0 Å². The fourth-order valence-electron chi connectivity index (χ4n) is 2.68. The molecule has 0 aliphatic rings. The zero-order valence-electron chi connectivity index (χ0n) is 14.0. The molecule has 0 spiro atoms. The van der Waals surface area contributed by atoms with Crippen molar-refractivity contribution in [1.29, 1.82) is 0 Å². The van der Waals surface area contributed by atoms with E-state index in [2.05, 4.69) is 10.3 Å². The first-order valence-corrected chi connectivity index (χ1v) is 8.03. The Morgan fingerprint density at radius 1 is 1.08 bits per heavy atom. The zero-order chi connectivity index (χ0) is 18.7. The number of benzene rings is 2. The number of nitrogens with zero attached hydrogens (tertiary/aromatic N) is 2. The Labute approximate surface area is 148 Å². The van der Waals surface area contributed by atoms with Crippen molar-refractivity contribution in [3.8, 4) is 0 Å². The second-order valence-electron chi connectivity index (χ2n) is 5.84. The van der Waals surface area contributed by atoms with Crippen molar-refractivity contribution in [2.45, 2.75) is 19.0 Å². The molecule has 0 radical (unpaired) electrons. The van der Waals surface area contributed by atoms with E-state index < -0.39 is 24.0 Å². The molecule has 132 valence electrons. The van der Waals surface area contributed by atoms with Gasteiger partial charge in [0.1, 0.15) is 6.04 Å². The van der Waals surface area contributed by atoms with Crippen LogP contribution >= 0.6 is 0 Å². The molecule has 7 heteroatoms. The molecular weight excluding hydrogens is 334 g/mol. The fraction of sp³-hybridized carbons (Fsp3) is 0.158. The first kappa shape index (κ1) is 17.3. The minimum absolute atomic E-state index is 0.357. The number of nitrogens with one attached hydrogen (secondary N) is 1. The number of para-hydroxylation sites is 1. The van der Waals surface area contributed by atoms with Crippen molar-refractivity contribution >= 4 is 22.8 Å². The maximum Gasteiger partial charge on any atom is 0.330 e. The second kappa shape index (κ2) is 7.18. The average molecular weight is 351 g/mol. The first-order chi connectivity index (χ1) is 12.5. The fourth-order valence-corrected chi connectivity index (χ4v) is 2.68. The molecule has 0 aliphatic carbocycles. The maximum atomic E-state index is 12.6. The van der Waals surface area contributed by atoms with Crippen molar-refractivity contribution in [3.05, 3.63) is 76.8 Å². The van der Waals surface area contributed by atoms with E-state index in [1.807, 2.05) is 0 Å². The number of carboxylic acid groups (broad SMARTS) is 1. The van der Waals surface area contributed by atoms with E-state index in [1.165, 1.54) is 17.8 Å². The Kier molecular flexibility index (Phi) is 4.79. The molecule has 3 rings (SSSR count). The molecule has 0 saturated heterocycles. The molecule has 2 N–H and O–H groups in total. The Bertz CT molecular complexity index is 1010. The molecule has 2 aromatic carbocycles. The van der Waals surface area contributed by atoms with E-state index in [9.17, 15) is 19.5 Å². The Morgan fingerprint density at radius 3 is 2.42 bits per heavy atom. The van der Waals surface area contributed by atoms with Crippen LogP contribution in [0.2, 0.25) is 0 Å². The highest BCUT2D eigenvalue weighted by atomic mass is 16.4. The number of amides is 1. The lowest BCUT2D eigenvalue weighted by molar-refractivity contribution is -0.142. The van der Waals surface area contributed by atoms with Crippen LogP contribution in [0.4, 0.5) is 0 Å². The summed E-state index contributed by atoms with van der Waals surface area (Å²) in [7, 11) is 0. The predicted molar refractivity (Wildman–Crippen MR) is 95.7 cm³/mol. The number of carbonyl (C=O) groups is 2. The van der Waals surface area contributed by atoms with Crippen LogP contribution in [0.15, 0.2) is 65.7 Å². The van der Waals surface area contributed by atoms with Crippen LogP contribution in [0.25, 0.3) is 10.9 Å². The highest BCUT2D eigenvalue weighted by Crippen LogP contribution is 2.15. The lowest BCUT2D eigenvalue weighted by atomic mass is 10.1. The lowest BCUT2D eigenvalue weighted by Gasteiger charge is -2.19. The molecule has 2 atom stereocenters. The third-order valence-electron chi connectivity index (χ3n) is 4.15. The van der Waals surface area contributed by atoms with Gasteiger partial charge in [0, 0.05) is 0 Å². The topological polar surface area (TPSA) is 101 Å². The number of aromatic nitrogens is 2. The molecular formula is C19H17N3O4. The van der Waals surface area contributed by atoms with Gasteiger partial charge in [0.15, 0.2) is 6.04 Å². The summed E-state index contributed by atoms with van der Waals surface area (Å²) in [6.45, 7) is 1.52. The van der Waals surface area contributed by atoms with Crippen molar-refractivity contribution in [1.82, 2.24) is 14.9 Å². The third kappa shape index (κ3) is 3.32. The summed E-state index contributed by atoms with van der Waals surface area (Å²) in [5.41, 5.74) is 0.628. The van der Waals surface area contributed by atoms with Gasteiger partial charge in [-0.1, -0.05) is 42.5 Å². The van der Waals surface area contributed by atoms with Crippen LogP contribution in [0, 0.1) is 0 Å². The Hall–Kier alpha value is -3.48. The zero-order valence-corrected chi connectivity index (χ0v) is 14.0. The summed E-state index contributed by atoms with van der Waals surface area (Å²) >= 11 is 0. The van der Waals surface area contributed by atoms with Crippen molar-refractivity contribution < 1.29 is 14.7 Å². The number of carbonyl (C=O) groups excluding carboxylic acids is 1. The summed E-state index contributed by atoms with van der Waals surface area (Å²) in [5.74, 6) is -1.76. The van der Waals surface area contributed by atoms with Gasteiger partial charge in [0.05, 0.1) is 17.2 Å². The van der Waals surface area contributed by atoms with Crippen LogP contribution < -0.4 is 10.9 Å². The monoisotopic (exact) mass is 351 g/mol. The lowest BCUT2D eigenvalue weighted by Crippen LogP contribution is -2.40. The van der Waals surface area contributed by atoms with Gasteiger partial charge in [-0.15, -0.1) is 0 Å². The molecule has 0 saturated carbocycles. The van der Waals surface area contributed by atoms with Crippen LogP contribution in [0.1, 0.15) is 24.6 Å². The maximum absolute atomic E-state index is 12.6. The molecule has 1 amide bonds. The third-order valence-corrected chi connectivity index (χ3v) is 4.15. The largest absolute Gasteiger partial charge is 0.479 e. The van der Waals surface area contributed by atoms with E-state index in [1.54, 1.807) is 54.6 Å². The van der Waals surface area contributed by atoms with Crippen LogP contribution in [-0.4, -0.2) is 26.5 Å². The highest BCUT2D eigenvalue weighted by molar-refractivity contribution is 5.87. The average Bonchev–Trinajstić information content (AvgIpc) is 2.66. The standard InChI is InChI=1S/C19H17N3O4/c1-12(22-11-20-15-10-6-5-9-14(15)18(22)24)17(23)21-16(19(25)26)13-7-3-2-4-8-13/h2-12,16H,1H3,(H,21,23)(H,25,26)/t12-,16-/m0/s1. The van der Waals surface area contributed by atoms with E-state index in [0.717, 1.165) is 0 Å². The van der Waals surface area contributed by atoms with E-state index in [-0.39, 0.29) is 5.56 Å². The van der Waals surface area contributed by atoms with Gasteiger partial charge < -0.3 is 10.4 Å². The van der Waals surface area contributed by atoms with E-state index >= 15 is 0 Å². The number of aliphatic carboxylic acids is 1. The molecule has 0 unspecified atom stereocenters. The van der Waals surface area contributed by atoms with Gasteiger partial charge >= 0.3 is 5.97 Å². The number of hydrogen-bond acceptors (Lipinski definition) is 4. The summed E-state index contributed by atoms with van der Waals surface area (Å²) < 4.78 is 1.20. The van der Waals surface area contributed by atoms with Gasteiger partial charge in [-0.2, -0.15) is 0 Å². The highest BCUT2D eigenvalue weighted by Gasteiger charge is 2.25. The second-order valence-corrected chi connectivity index (χ2v) is 5.84. The quantitative estimate of drug-likeness (QED) is 0.731. The number of hydrogen-bond donors (Lipinski definition) is 2. The number of carboxylic acids is 1. The molecule has 7 nitrogen and oxygen atoms in total. The summed E-state index contributed by atoms with van der Waals surface area (Å²) in [6, 6.07) is 13.1. The minimum atomic E-state index is -1.20. The van der Waals surface area contributed by atoms with Crippen molar-refractivity contribution in [3.63, 3.8) is 0 Å². The Balaban J connectivity index is 1.89. The summed E-state index contributed by atoms with van der Waals surface area (Å²) in [6.07, 6.45) is 1.30. The van der Waals surface area contributed by atoms with Gasteiger partial charge in [0.2, 0.25) is 5.91 Å². The predicted octanol–water partition coefficient (Wildman–Crippen LogP) is 1.90. The first-order valence-electron chi connectivity index (χ1n) is 8.03. The summed E-state index contributed by atoms with van der Waals surface area (Å²) in [5, 5.41) is 12.3. The van der Waals surface area contributed by atoms with Gasteiger partial charge in [-0.3, -0.25) is 14.2 Å². The molecule has 1 heterocycles. The molecule has 0 aliphatic heterocycles. The van der Waals surface area contributed by atoms with E-state index in [4.69, 9.17) is 0 Å². The smallest absolute Gasteiger partial charge is 0.330 e. The van der Waals surface area contributed by atoms with Crippen LogP contribution in [-0.2, 0) is 9.59 Å². The SMILES string of the molecule is C[C@@H](C(=O)N[C@H](C(=O)O)c1ccccc1)n1cnc2ccccc2c1=O. The molecule has 3 aromatic rings. The molecule has 0 bridgehead atoms. The molecule has 26 heavy (non-hydrogen) atoms. The van der Waals surface area contributed by atoms with Gasteiger partial charge in [-0.25, -0.2) is 9.78 Å². The summed E-state index contributed by atoms with van der Waals surface area (Å²) in [4.78, 5) is 40.9. The van der Waals surface area contributed by atoms with Gasteiger partial charge in [0.25, 0.3) is 5.56 Å². The number of rotatable bonds is 5. The molecule has 1 aromatic heterocycles. The number of fused-ring (bicyclic) bond motifs is 1. The van der Waals surface area contributed by atoms with Crippen molar-refractivity contribution in [2.24, 2.45) is 0 Å². The van der Waals surface area contributed by atoms with Crippen LogP contribution in [0.5, 0.6) is 0 Å². The minimum Gasteiger partial charge on any atom is -0.479 e. The van der Waals surface area contributed by atoms with Gasteiger partial charge in [-0.05, 0) is 24.6 Å². The molecule has 0 fully saturated rings. The van der Waals surface area contributed by atoms with E-state index in [0.29, 0.717) is 16.5 Å². The van der Waals surface area contributed by atoms with Crippen LogP contribution in [0.3, 0.4) is 0 Å². The normalized spacial score (nSPS) is 13.1.